The standard InChI is InChI=1S/C21H28FN3O2S.HI/c1-2-23-21(25-15-13-19-11-6-7-12-20(19)22)24-14-8-16-28(26,27)17-18-9-4-3-5-10-18;/h3-7,9-12H,2,8,13-17H2,1H3,(H2,23,24,25);1H. The van der Waals surface area contributed by atoms with Gasteiger partial charge in [0.1, 0.15) is 5.82 Å². The highest BCUT2D eigenvalue weighted by atomic mass is 127. The van der Waals surface area contributed by atoms with Crippen molar-refractivity contribution in [2.24, 2.45) is 4.99 Å². The summed E-state index contributed by atoms with van der Waals surface area (Å²) in [7, 11) is -3.15. The highest BCUT2D eigenvalue weighted by Crippen LogP contribution is 2.08. The van der Waals surface area contributed by atoms with E-state index in [4.69, 9.17) is 0 Å². The number of rotatable bonds is 10. The van der Waals surface area contributed by atoms with Gasteiger partial charge in [0, 0.05) is 19.6 Å². The Balaban J connectivity index is 0.00000420. The van der Waals surface area contributed by atoms with Gasteiger partial charge in [-0.3, -0.25) is 4.99 Å². The quantitative estimate of drug-likeness (QED) is 0.212. The monoisotopic (exact) mass is 533 g/mol. The molecule has 0 saturated heterocycles. The van der Waals surface area contributed by atoms with Gasteiger partial charge in [0.05, 0.1) is 11.5 Å². The minimum absolute atomic E-state index is 0. The summed E-state index contributed by atoms with van der Waals surface area (Å²) < 4.78 is 38.1. The number of nitrogens with zero attached hydrogens (tertiary/aromatic N) is 1. The van der Waals surface area contributed by atoms with Crippen molar-refractivity contribution in [2.75, 3.05) is 25.4 Å². The molecule has 0 bridgehead atoms. The van der Waals surface area contributed by atoms with Crippen molar-refractivity contribution < 1.29 is 12.8 Å². The van der Waals surface area contributed by atoms with Crippen molar-refractivity contribution in [1.82, 2.24) is 10.6 Å². The van der Waals surface area contributed by atoms with E-state index < -0.39 is 9.84 Å². The maximum absolute atomic E-state index is 13.6. The Kier molecular flexibility index (Phi) is 11.8. The minimum atomic E-state index is -3.15. The number of sulfone groups is 1. The second kappa shape index (κ2) is 13.5. The Morgan fingerprint density at radius 3 is 2.41 bits per heavy atom. The van der Waals surface area contributed by atoms with Gasteiger partial charge >= 0.3 is 0 Å². The molecule has 2 rings (SSSR count). The van der Waals surface area contributed by atoms with E-state index in [-0.39, 0.29) is 41.3 Å². The second-order valence-corrected chi connectivity index (χ2v) is 8.64. The van der Waals surface area contributed by atoms with Gasteiger partial charge in [-0.25, -0.2) is 12.8 Å². The molecule has 0 atom stereocenters. The van der Waals surface area contributed by atoms with Gasteiger partial charge in [-0.2, -0.15) is 0 Å². The van der Waals surface area contributed by atoms with Gasteiger partial charge in [0.15, 0.2) is 15.8 Å². The lowest BCUT2D eigenvalue weighted by Gasteiger charge is -2.11. The van der Waals surface area contributed by atoms with E-state index >= 15 is 0 Å². The third-order valence-corrected chi connectivity index (χ3v) is 5.79. The van der Waals surface area contributed by atoms with E-state index in [9.17, 15) is 12.8 Å². The Morgan fingerprint density at radius 1 is 1.03 bits per heavy atom. The molecular weight excluding hydrogens is 504 g/mol. The van der Waals surface area contributed by atoms with Gasteiger partial charge in [0.25, 0.3) is 0 Å². The average molecular weight is 533 g/mol. The maximum Gasteiger partial charge on any atom is 0.191 e. The van der Waals surface area contributed by atoms with Gasteiger partial charge in [0.2, 0.25) is 0 Å². The molecule has 8 heteroatoms. The molecular formula is C21H29FIN3O2S. The first-order valence-corrected chi connectivity index (χ1v) is 11.3. The zero-order valence-electron chi connectivity index (χ0n) is 16.6. The first-order chi connectivity index (χ1) is 13.5. The fraction of sp³-hybridized carbons (Fsp3) is 0.381. The van der Waals surface area contributed by atoms with Gasteiger partial charge in [-0.1, -0.05) is 48.5 Å². The first kappa shape index (κ1) is 25.4. The molecule has 160 valence electrons. The smallest absolute Gasteiger partial charge is 0.191 e. The summed E-state index contributed by atoms with van der Waals surface area (Å²) in [4.78, 5) is 4.41. The molecule has 0 aliphatic rings. The molecule has 0 radical (unpaired) electrons. The normalized spacial score (nSPS) is 11.6. The molecule has 0 fully saturated rings. The van der Waals surface area contributed by atoms with Crippen LogP contribution in [0.3, 0.4) is 0 Å². The van der Waals surface area contributed by atoms with Crippen molar-refractivity contribution in [2.45, 2.75) is 25.5 Å². The summed E-state index contributed by atoms with van der Waals surface area (Å²) in [5.41, 5.74) is 1.45. The summed E-state index contributed by atoms with van der Waals surface area (Å²) in [6, 6.07) is 15.9. The van der Waals surface area contributed by atoms with E-state index in [1.807, 2.05) is 43.3 Å². The molecule has 5 nitrogen and oxygen atoms in total. The molecule has 0 amide bonds. The molecule has 0 spiro atoms. The largest absolute Gasteiger partial charge is 0.357 e. The first-order valence-electron chi connectivity index (χ1n) is 9.50. The van der Waals surface area contributed by atoms with Crippen molar-refractivity contribution >= 4 is 39.8 Å². The predicted molar refractivity (Wildman–Crippen MR) is 128 cm³/mol. The molecule has 0 aliphatic carbocycles. The van der Waals surface area contributed by atoms with E-state index in [2.05, 4.69) is 15.6 Å². The van der Waals surface area contributed by atoms with Crippen molar-refractivity contribution in [3.63, 3.8) is 0 Å². The SMILES string of the molecule is CCNC(=NCCCS(=O)(=O)Cc1ccccc1)NCCc1ccccc1F.I. The van der Waals surface area contributed by atoms with Crippen LogP contribution in [0.4, 0.5) is 4.39 Å². The van der Waals surface area contributed by atoms with Crippen LogP contribution in [0, 0.1) is 5.82 Å². The molecule has 2 aromatic rings. The highest BCUT2D eigenvalue weighted by Gasteiger charge is 2.11. The van der Waals surface area contributed by atoms with Gasteiger partial charge < -0.3 is 10.6 Å². The molecule has 0 unspecified atom stereocenters. The summed E-state index contributed by atoms with van der Waals surface area (Å²) in [6.45, 7) is 3.60. The van der Waals surface area contributed by atoms with Crippen LogP contribution in [-0.4, -0.2) is 39.8 Å². The molecule has 0 saturated carbocycles. The zero-order chi connectivity index (χ0) is 20.2. The van der Waals surface area contributed by atoms with E-state index in [0.29, 0.717) is 44.0 Å². The molecule has 2 N–H and O–H groups in total. The average Bonchev–Trinajstić information content (AvgIpc) is 2.67. The van der Waals surface area contributed by atoms with E-state index in [0.717, 1.165) is 5.56 Å². The fourth-order valence-electron chi connectivity index (χ4n) is 2.73. The molecule has 0 aromatic heterocycles. The summed E-state index contributed by atoms with van der Waals surface area (Å²) in [5.74, 6) is 0.549. The summed E-state index contributed by atoms with van der Waals surface area (Å²) in [5, 5.41) is 6.27. The van der Waals surface area contributed by atoms with Crippen LogP contribution < -0.4 is 10.6 Å². The third-order valence-electron chi connectivity index (χ3n) is 4.10. The lowest BCUT2D eigenvalue weighted by Crippen LogP contribution is -2.38. The Labute approximate surface area is 190 Å². The summed E-state index contributed by atoms with van der Waals surface area (Å²) >= 11 is 0. The Morgan fingerprint density at radius 2 is 1.72 bits per heavy atom. The third kappa shape index (κ3) is 10.1. The van der Waals surface area contributed by atoms with Crippen molar-refractivity contribution in [3.8, 4) is 0 Å². The molecule has 2 aromatic carbocycles. The maximum atomic E-state index is 13.6. The van der Waals surface area contributed by atoms with Crippen LogP contribution in [0.1, 0.15) is 24.5 Å². The van der Waals surface area contributed by atoms with Crippen LogP contribution in [0.5, 0.6) is 0 Å². The fourth-order valence-corrected chi connectivity index (χ4v) is 4.15. The molecule has 0 heterocycles. The number of benzene rings is 2. The highest BCUT2D eigenvalue weighted by molar-refractivity contribution is 14.0. The van der Waals surface area contributed by atoms with Crippen LogP contribution in [0.2, 0.25) is 0 Å². The number of hydrogen-bond acceptors (Lipinski definition) is 3. The van der Waals surface area contributed by atoms with Gasteiger partial charge in [-0.15, -0.1) is 24.0 Å². The lowest BCUT2D eigenvalue weighted by atomic mass is 10.1. The lowest BCUT2D eigenvalue weighted by molar-refractivity contribution is 0.592. The Bertz CT molecular complexity index is 861. The van der Waals surface area contributed by atoms with Crippen molar-refractivity contribution in [1.29, 1.82) is 0 Å². The van der Waals surface area contributed by atoms with E-state index in [1.54, 1.807) is 12.1 Å². The van der Waals surface area contributed by atoms with Crippen molar-refractivity contribution in [3.05, 3.63) is 71.5 Å². The van der Waals surface area contributed by atoms with Crippen LogP contribution in [0.15, 0.2) is 59.6 Å². The number of halogens is 2. The zero-order valence-corrected chi connectivity index (χ0v) is 19.8. The Hall–Kier alpha value is -1.68. The number of aliphatic imine (C=N–C) groups is 1. The number of hydrogen-bond donors (Lipinski definition) is 2. The summed E-state index contributed by atoms with van der Waals surface area (Å²) in [6.07, 6.45) is 1.00. The molecule has 0 aliphatic heterocycles. The second-order valence-electron chi connectivity index (χ2n) is 6.46. The number of nitrogens with one attached hydrogen (secondary N) is 2. The predicted octanol–water partition coefficient (Wildman–Crippen LogP) is 3.55. The minimum Gasteiger partial charge on any atom is -0.357 e. The van der Waals surface area contributed by atoms with Crippen LogP contribution >= 0.6 is 24.0 Å². The van der Waals surface area contributed by atoms with E-state index in [1.165, 1.54) is 6.07 Å². The molecule has 29 heavy (non-hydrogen) atoms. The van der Waals surface area contributed by atoms with Gasteiger partial charge in [-0.05, 0) is 37.0 Å². The topological polar surface area (TPSA) is 70.6 Å². The van der Waals surface area contributed by atoms with Crippen LogP contribution in [0.25, 0.3) is 0 Å². The number of guanidine groups is 1. The van der Waals surface area contributed by atoms with Crippen LogP contribution in [-0.2, 0) is 22.0 Å².